The van der Waals surface area contributed by atoms with Crippen LogP contribution in [0.4, 0.5) is 0 Å². The highest BCUT2D eigenvalue weighted by molar-refractivity contribution is 5.87. The van der Waals surface area contributed by atoms with Gasteiger partial charge in [0.25, 0.3) is 0 Å². The van der Waals surface area contributed by atoms with Gasteiger partial charge in [-0.05, 0) is 41.3 Å². The summed E-state index contributed by atoms with van der Waals surface area (Å²) >= 11 is 0. The standard InChI is InChI=1S/C22H27NO7/c1-11-8-14(24)18-16(27-11)10-15-13(19(18)25)9-17(21(3,4)30-15)28-20(26)22(6-7-23-5)12(2)29-22/h8,10,12,17,23,25H,6-7,9H2,1-5H3. The number of aromatic hydroxyl groups is 1. The van der Waals surface area contributed by atoms with E-state index in [1.165, 1.54) is 6.07 Å². The van der Waals surface area contributed by atoms with Crippen molar-refractivity contribution in [2.24, 2.45) is 0 Å². The lowest BCUT2D eigenvalue weighted by Crippen LogP contribution is -2.50. The second-order valence-electron chi connectivity index (χ2n) is 8.60. The summed E-state index contributed by atoms with van der Waals surface area (Å²) in [5.41, 5.74) is -1.46. The molecule has 8 heteroatoms. The first-order valence-electron chi connectivity index (χ1n) is 10.1. The monoisotopic (exact) mass is 417 g/mol. The molecule has 0 spiro atoms. The Morgan fingerprint density at radius 2 is 2.07 bits per heavy atom. The predicted molar refractivity (Wildman–Crippen MR) is 109 cm³/mol. The van der Waals surface area contributed by atoms with Gasteiger partial charge in [-0.25, -0.2) is 4.79 Å². The Hall–Kier alpha value is -2.58. The largest absolute Gasteiger partial charge is 0.507 e. The van der Waals surface area contributed by atoms with Gasteiger partial charge >= 0.3 is 5.97 Å². The predicted octanol–water partition coefficient (Wildman–Crippen LogP) is 2.20. The van der Waals surface area contributed by atoms with Crippen LogP contribution in [0.1, 0.15) is 38.5 Å². The maximum absolute atomic E-state index is 12.9. The van der Waals surface area contributed by atoms with Crippen LogP contribution in [0, 0.1) is 6.92 Å². The summed E-state index contributed by atoms with van der Waals surface area (Å²) in [6.07, 6.45) is -0.172. The van der Waals surface area contributed by atoms with Gasteiger partial charge in [0.2, 0.25) is 0 Å². The molecule has 0 saturated carbocycles. The number of hydrogen-bond donors (Lipinski definition) is 2. The number of fused-ring (bicyclic) bond motifs is 2. The van der Waals surface area contributed by atoms with E-state index >= 15 is 0 Å². The minimum Gasteiger partial charge on any atom is -0.507 e. The maximum Gasteiger partial charge on any atom is 0.341 e. The first kappa shape index (κ1) is 20.7. The molecular formula is C22H27NO7. The van der Waals surface area contributed by atoms with Crippen LogP contribution < -0.4 is 15.5 Å². The first-order valence-corrected chi connectivity index (χ1v) is 10.1. The summed E-state index contributed by atoms with van der Waals surface area (Å²) in [5, 5.41) is 13.9. The number of carbonyl (C=O) groups excluding carboxylic acids is 1. The maximum atomic E-state index is 12.9. The smallest absolute Gasteiger partial charge is 0.341 e. The minimum atomic E-state index is -0.955. The van der Waals surface area contributed by atoms with Gasteiger partial charge in [-0.3, -0.25) is 4.79 Å². The number of ether oxygens (including phenoxy) is 3. The highest BCUT2D eigenvalue weighted by Crippen LogP contribution is 2.45. The number of nitrogens with one attached hydrogen (secondary N) is 1. The summed E-state index contributed by atoms with van der Waals surface area (Å²) in [7, 11) is 1.81. The van der Waals surface area contributed by atoms with Crippen LogP contribution in [0.2, 0.25) is 0 Å². The van der Waals surface area contributed by atoms with Crippen molar-refractivity contribution in [3.63, 3.8) is 0 Å². The molecule has 0 radical (unpaired) electrons. The number of rotatable bonds is 5. The molecule has 3 heterocycles. The van der Waals surface area contributed by atoms with Gasteiger partial charge in [-0.1, -0.05) is 0 Å². The van der Waals surface area contributed by atoms with Crippen LogP contribution in [0.25, 0.3) is 11.0 Å². The molecule has 162 valence electrons. The van der Waals surface area contributed by atoms with E-state index in [0.29, 0.717) is 30.0 Å². The summed E-state index contributed by atoms with van der Waals surface area (Å²) in [6.45, 7) is 7.77. The van der Waals surface area contributed by atoms with Crippen molar-refractivity contribution in [2.75, 3.05) is 13.6 Å². The Balaban J connectivity index is 1.67. The minimum absolute atomic E-state index is 0.0948. The van der Waals surface area contributed by atoms with Crippen LogP contribution >= 0.6 is 0 Å². The zero-order chi connectivity index (χ0) is 21.8. The molecule has 0 bridgehead atoms. The van der Waals surface area contributed by atoms with Gasteiger partial charge in [0.15, 0.2) is 11.0 Å². The number of esters is 1. The Labute approximate surface area is 174 Å². The van der Waals surface area contributed by atoms with Crippen molar-refractivity contribution in [3.05, 3.63) is 33.7 Å². The van der Waals surface area contributed by atoms with Crippen LogP contribution in [0.3, 0.4) is 0 Å². The average molecular weight is 417 g/mol. The van der Waals surface area contributed by atoms with E-state index < -0.39 is 23.3 Å². The van der Waals surface area contributed by atoms with Gasteiger partial charge in [0, 0.05) is 30.5 Å². The fourth-order valence-corrected chi connectivity index (χ4v) is 4.09. The summed E-state index contributed by atoms with van der Waals surface area (Å²) in [6, 6.07) is 2.94. The number of carbonyl (C=O) groups is 1. The number of phenols is 1. The van der Waals surface area contributed by atoms with E-state index in [9.17, 15) is 14.7 Å². The molecule has 30 heavy (non-hydrogen) atoms. The molecule has 0 aliphatic carbocycles. The Kier molecular flexibility index (Phi) is 4.82. The molecule has 4 rings (SSSR count). The Bertz CT molecular complexity index is 1070. The lowest BCUT2D eigenvalue weighted by atomic mass is 9.89. The molecule has 1 aromatic heterocycles. The zero-order valence-electron chi connectivity index (χ0n) is 17.8. The molecule has 2 N–H and O–H groups in total. The van der Waals surface area contributed by atoms with E-state index in [0.717, 1.165) is 0 Å². The molecule has 0 amide bonds. The highest BCUT2D eigenvalue weighted by atomic mass is 16.7. The Morgan fingerprint density at radius 1 is 1.37 bits per heavy atom. The third-order valence-electron chi connectivity index (χ3n) is 6.05. The van der Waals surface area contributed by atoms with Crippen molar-refractivity contribution in [2.45, 2.75) is 63.9 Å². The highest BCUT2D eigenvalue weighted by Gasteiger charge is 2.61. The molecule has 1 aromatic carbocycles. The van der Waals surface area contributed by atoms with E-state index in [4.69, 9.17) is 18.6 Å². The van der Waals surface area contributed by atoms with Crippen LogP contribution in [-0.4, -0.2) is 48.1 Å². The normalized spacial score (nSPS) is 26.7. The quantitative estimate of drug-likeness (QED) is 0.563. The molecule has 8 nitrogen and oxygen atoms in total. The third-order valence-corrected chi connectivity index (χ3v) is 6.05. The van der Waals surface area contributed by atoms with Crippen molar-refractivity contribution in [1.29, 1.82) is 0 Å². The molecule has 2 aliphatic heterocycles. The van der Waals surface area contributed by atoms with E-state index in [1.807, 2.05) is 27.8 Å². The average Bonchev–Trinajstić information content (AvgIpc) is 3.31. The zero-order valence-corrected chi connectivity index (χ0v) is 17.8. The fraction of sp³-hybridized carbons (Fsp3) is 0.545. The van der Waals surface area contributed by atoms with E-state index in [1.54, 1.807) is 13.0 Å². The molecule has 1 saturated heterocycles. The molecular weight excluding hydrogens is 390 g/mol. The van der Waals surface area contributed by atoms with Crippen molar-refractivity contribution < 1.29 is 28.5 Å². The van der Waals surface area contributed by atoms with Gasteiger partial charge in [0.05, 0.1) is 6.10 Å². The van der Waals surface area contributed by atoms with Gasteiger partial charge < -0.3 is 29.1 Å². The number of benzene rings is 1. The molecule has 3 atom stereocenters. The SMILES string of the molecule is CNCCC1(C(=O)OC2Cc3c(cc4oc(C)cc(=O)c4c3O)OC2(C)C)OC1C. The molecule has 1 fully saturated rings. The van der Waals surface area contributed by atoms with E-state index in [-0.39, 0.29) is 34.7 Å². The second kappa shape index (κ2) is 6.99. The molecule has 2 aliphatic rings. The topological polar surface area (TPSA) is 111 Å². The summed E-state index contributed by atoms with van der Waals surface area (Å²) < 4.78 is 23.1. The number of hydrogen-bond acceptors (Lipinski definition) is 8. The van der Waals surface area contributed by atoms with Crippen LogP contribution in [-0.2, 0) is 20.7 Å². The molecule has 2 aromatic rings. The van der Waals surface area contributed by atoms with Crippen molar-refractivity contribution >= 4 is 16.9 Å². The van der Waals surface area contributed by atoms with Gasteiger partial charge in [-0.2, -0.15) is 0 Å². The van der Waals surface area contributed by atoms with Gasteiger partial charge in [0.1, 0.15) is 39.9 Å². The fourth-order valence-electron chi connectivity index (χ4n) is 4.09. The molecule has 3 unspecified atom stereocenters. The van der Waals surface area contributed by atoms with Crippen molar-refractivity contribution in [3.8, 4) is 11.5 Å². The number of phenolic OH excluding ortho intramolecular Hbond substituents is 1. The lowest BCUT2D eigenvalue weighted by molar-refractivity contribution is -0.167. The van der Waals surface area contributed by atoms with Crippen molar-refractivity contribution in [1.82, 2.24) is 5.32 Å². The number of aryl methyl sites for hydroxylation is 1. The Morgan fingerprint density at radius 3 is 2.70 bits per heavy atom. The van der Waals surface area contributed by atoms with Gasteiger partial charge in [-0.15, -0.1) is 0 Å². The summed E-state index contributed by atoms with van der Waals surface area (Å²) in [4.78, 5) is 25.3. The van der Waals surface area contributed by atoms with Crippen LogP contribution in [0.15, 0.2) is 21.3 Å². The first-order chi connectivity index (χ1) is 14.1. The summed E-state index contributed by atoms with van der Waals surface area (Å²) in [5.74, 6) is 0.214. The van der Waals surface area contributed by atoms with E-state index in [2.05, 4.69) is 5.32 Å². The lowest BCUT2D eigenvalue weighted by Gasteiger charge is -2.39. The third kappa shape index (κ3) is 3.24. The number of epoxide rings is 1. The van der Waals surface area contributed by atoms with Crippen LogP contribution in [0.5, 0.6) is 11.5 Å². The second-order valence-corrected chi connectivity index (χ2v) is 8.60.